The fourth-order valence-corrected chi connectivity index (χ4v) is 2.39. The lowest BCUT2D eigenvalue weighted by atomic mass is 9.99. The van der Waals surface area contributed by atoms with Crippen LogP contribution in [-0.4, -0.2) is 10.2 Å². The predicted molar refractivity (Wildman–Crippen MR) is 82.9 cm³/mol. The zero-order valence-electron chi connectivity index (χ0n) is 12.0. The first-order valence-corrected chi connectivity index (χ1v) is 7.19. The summed E-state index contributed by atoms with van der Waals surface area (Å²) in [5.41, 5.74) is 1.24. The lowest BCUT2D eigenvalue weighted by Gasteiger charge is -2.11. The summed E-state index contributed by atoms with van der Waals surface area (Å²) in [5, 5.41) is 7.87. The first kappa shape index (κ1) is 16.4. The second kappa shape index (κ2) is 6.20. The number of benzene rings is 2. The molecule has 122 valence electrons. The highest BCUT2D eigenvalue weighted by atomic mass is 35.5. The molecule has 0 aliphatic rings. The number of alkyl halides is 3. The summed E-state index contributed by atoms with van der Waals surface area (Å²) in [5.74, 6) is -0.406. The molecule has 0 spiro atoms. The van der Waals surface area contributed by atoms with Gasteiger partial charge in [-0.15, -0.1) is 10.2 Å². The number of aromatic nitrogens is 2. The molecule has 3 rings (SSSR count). The van der Waals surface area contributed by atoms with Gasteiger partial charge in [0.2, 0.25) is 0 Å². The van der Waals surface area contributed by atoms with Gasteiger partial charge in [0, 0.05) is 11.1 Å². The van der Waals surface area contributed by atoms with Crippen molar-refractivity contribution < 1.29 is 17.6 Å². The Hall–Kier alpha value is -2.47. The molecule has 1 aromatic heterocycles. The largest absolute Gasteiger partial charge is 0.416 e. The lowest BCUT2D eigenvalue weighted by molar-refractivity contribution is -0.137. The van der Waals surface area contributed by atoms with Crippen molar-refractivity contribution in [3.8, 4) is 22.4 Å². The summed E-state index contributed by atoms with van der Waals surface area (Å²) in [6.45, 7) is 0. The summed E-state index contributed by atoms with van der Waals surface area (Å²) in [6, 6.07) is 11.7. The third-order valence-electron chi connectivity index (χ3n) is 3.40. The summed E-state index contributed by atoms with van der Waals surface area (Å²) < 4.78 is 51.2. The second-order valence-corrected chi connectivity index (χ2v) is 5.40. The first-order chi connectivity index (χ1) is 11.3. The number of halogens is 5. The van der Waals surface area contributed by atoms with Gasteiger partial charge in [-0.25, -0.2) is 4.39 Å². The minimum absolute atomic E-state index is 0.107. The third kappa shape index (κ3) is 3.38. The van der Waals surface area contributed by atoms with Gasteiger partial charge in [-0.3, -0.25) is 0 Å². The monoisotopic (exact) mass is 352 g/mol. The van der Waals surface area contributed by atoms with Crippen molar-refractivity contribution in [3.05, 3.63) is 71.1 Å². The Labute approximate surface area is 139 Å². The molecule has 0 fully saturated rings. The van der Waals surface area contributed by atoms with Crippen LogP contribution in [-0.2, 0) is 6.18 Å². The number of hydrogen-bond donors (Lipinski definition) is 0. The molecule has 0 bridgehead atoms. The van der Waals surface area contributed by atoms with E-state index in [1.807, 2.05) is 0 Å². The van der Waals surface area contributed by atoms with Crippen molar-refractivity contribution >= 4 is 11.6 Å². The Balaban J connectivity index is 2.10. The maximum atomic E-state index is 13.1. The van der Waals surface area contributed by atoms with Crippen molar-refractivity contribution in [1.82, 2.24) is 10.2 Å². The van der Waals surface area contributed by atoms with Gasteiger partial charge >= 0.3 is 6.18 Å². The van der Waals surface area contributed by atoms with Crippen molar-refractivity contribution in [2.24, 2.45) is 0 Å². The van der Waals surface area contributed by atoms with E-state index in [4.69, 9.17) is 11.6 Å². The Morgan fingerprint density at radius 3 is 1.96 bits per heavy atom. The van der Waals surface area contributed by atoms with Crippen LogP contribution < -0.4 is 0 Å². The zero-order chi connectivity index (χ0) is 17.3. The molecule has 1 heterocycles. The summed E-state index contributed by atoms with van der Waals surface area (Å²) >= 11 is 5.87. The fraction of sp³-hybridized carbons (Fsp3) is 0.0588. The number of hydrogen-bond acceptors (Lipinski definition) is 2. The molecule has 0 aliphatic heterocycles. The van der Waals surface area contributed by atoms with E-state index >= 15 is 0 Å². The van der Waals surface area contributed by atoms with E-state index in [0.29, 0.717) is 22.4 Å². The van der Waals surface area contributed by atoms with Gasteiger partial charge in [0.1, 0.15) is 11.5 Å². The van der Waals surface area contributed by atoms with Gasteiger partial charge < -0.3 is 0 Å². The third-order valence-corrected chi connectivity index (χ3v) is 3.59. The molecule has 0 atom stereocenters. The number of nitrogens with zero attached hydrogens (tertiary/aromatic N) is 2. The summed E-state index contributed by atoms with van der Waals surface area (Å²) in [4.78, 5) is 0. The van der Waals surface area contributed by atoms with Gasteiger partial charge in [0.05, 0.1) is 5.56 Å². The van der Waals surface area contributed by atoms with Crippen molar-refractivity contribution in [2.75, 3.05) is 0 Å². The van der Waals surface area contributed by atoms with Crippen LogP contribution >= 0.6 is 11.6 Å². The van der Waals surface area contributed by atoms with Crippen LogP contribution in [0.3, 0.4) is 0 Å². The Morgan fingerprint density at radius 2 is 1.38 bits per heavy atom. The average molecular weight is 353 g/mol. The minimum atomic E-state index is -4.41. The van der Waals surface area contributed by atoms with Crippen LogP contribution in [0.2, 0.25) is 5.15 Å². The Morgan fingerprint density at radius 1 is 0.792 bits per heavy atom. The molecule has 2 nitrogen and oxygen atoms in total. The molecule has 0 aliphatic carbocycles. The van der Waals surface area contributed by atoms with E-state index in [2.05, 4.69) is 10.2 Å². The second-order valence-electron chi connectivity index (χ2n) is 5.01. The van der Waals surface area contributed by atoms with Crippen LogP contribution in [0.15, 0.2) is 54.6 Å². The molecular weight excluding hydrogens is 344 g/mol. The molecule has 24 heavy (non-hydrogen) atoms. The SMILES string of the molecule is Fc1ccc(-c2nnc(Cl)cc2-c2ccc(C(F)(F)F)cc2)cc1. The van der Waals surface area contributed by atoms with E-state index in [9.17, 15) is 17.6 Å². The van der Waals surface area contributed by atoms with Crippen molar-refractivity contribution in [2.45, 2.75) is 6.18 Å². The highest BCUT2D eigenvalue weighted by molar-refractivity contribution is 6.29. The van der Waals surface area contributed by atoms with Crippen molar-refractivity contribution in [3.63, 3.8) is 0 Å². The topological polar surface area (TPSA) is 25.8 Å². The molecule has 0 amide bonds. The molecule has 0 saturated carbocycles. The standard InChI is InChI=1S/C17H9ClF4N2/c18-15-9-14(10-1-5-12(6-2-10)17(20,21)22)16(24-23-15)11-3-7-13(19)8-4-11/h1-9H. The highest BCUT2D eigenvalue weighted by Gasteiger charge is 2.30. The molecule has 3 aromatic rings. The van der Waals surface area contributed by atoms with Crippen LogP contribution in [0.25, 0.3) is 22.4 Å². The fourth-order valence-electron chi connectivity index (χ4n) is 2.25. The van der Waals surface area contributed by atoms with Gasteiger partial charge in [0.25, 0.3) is 0 Å². The Kier molecular flexibility index (Phi) is 4.24. The Bertz CT molecular complexity index is 859. The van der Waals surface area contributed by atoms with E-state index in [1.165, 1.54) is 42.5 Å². The van der Waals surface area contributed by atoms with Gasteiger partial charge in [0.15, 0.2) is 5.15 Å². The van der Waals surface area contributed by atoms with Crippen LogP contribution in [0.4, 0.5) is 17.6 Å². The zero-order valence-corrected chi connectivity index (χ0v) is 12.7. The predicted octanol–water partition coefficient (Wildman–Crippen LogP) is 5.62. The van der Waals surface area contributed by atoms with Gasteiger partial charge in [-0.05, 0) is 48.0 Å². The molecule has 0 unspecified atom stereocenters. The molecule has 7 heteroatoms. The van der Waals surface area contributed by atoms with E-state index in [1.54, 1.807) is 0 Å². The summed E-state index contributed by atoms with van der Waals surface area (Å²) in [6.07, 6.45) is -4.41. The van der Waals surface area contributed by atoms with Crippen LogP contribution in [0, 0.1) is 5.82 Å². The molecule has 0 N–H and O–H groups in total. The van der Waals surface area contributed by atoms with Gasteiger partial charge in [-0.1, -0.05) is 23.7 Å². The minimum Gasteiger partial charge on any atom is -0.207 e. The summed E-state index contributed by atoms with van der Waals surface area (Å²) in [7, 11) is 0. The normalized spacial score (nSPS) is 11.5. The first-order valence-electron chi connectivity index (χ1n) is 6.81. The maximum absolute atomic E-state index is 13.1. The molecular formula is C17H9ClF4N2. The smallest absolute Gasteiger partial charge is 0.207 e. The number of rotatable bonds is 2. The van der Waals surface area contributed by atoms with E-state index in [0.717, 1.165) is 12.1 Å². The average Bonchev–Trinajstić information content (AvgIpc) is 2.55. The van der Waals surface area contributed by atoms with E-state index in [-0.39, 0.29) is 5.15 Å². The maximum Gasteiger partial charge on any atom is 0.416 e. The van der Waals surface area contributed by atoms with Crippen LogP contribution in [0.5, 0.6) is 0 Å². The van der Waals surface area contributed by atoms with Gasteiger partial charge in [-0.2, -0.15) is 13.2 Å². The molecule has 0 radical (unpaired) electrons. The lowest BCUT2D eigenvalue weighted by Crippen LogP contribution is -2.04. The van der Waals surface area contributed by atoms with E-state index < -0.39 is 17.6 Å². The molecule has 0 saturated heterocycles. The highest BCUT2D eigenvalue weighted by Crippen LogP contribution is 2.34. The molecule has 2 aromatic carbocycles. The quantitative estimate of drug-likeness (QED) is 0.559. The van der Waals surface area contributed by atoms with Crippen LogP contribution in [0.1, 0.15) is 5.56 Å². The van der Waals surface area contributed by atoms with Crippen molar-refractivity contribution in [1.29, 1.82) is 0 Å².